The Kier molecular flexibility index (Phi) is 7.93. The zero-order chi connectivity index (χ0) is 24.8. The molecule has 1 aliphatic heterocycles. The number of hydrogen-bond donors (Lipinski definition) is 0. The fourth-order valence-electron chi connectivity index (χ4n) is 3.68. The van der Waals surface area contributed by atoms with Gasteiger partial charge in [0.1, 0.15) is 0 Å². The molecule has 35 heavy (non-hydrogen) atoms. The molecule has 0 aromatic heterocycles. The maximum atomic E-state index is 13.5. The number of rotatable bonds is 8. The Balaban J connectivity index is 1.63. The van der Waals surface area contributed by atoms with Crippen LogP contribution in [0, 0.1) is 6.92 Å². The molecule has 0 N–H and O–H groups in total. The van der Waals surface area contributed by atoms with Crippen LogP contribution in [0.5, 0.6) is 11.5 Å². The Labute approximate surface area is 211 Å². The van der Waals surface area contributed by atoms with Crippen LogP contribution in [-0.2, 0) is 11.2 Å². The van der Waals surface area contributed by atoms with E-state index in [0.717, 1.165) is 17.7 Å². The van der Waals surface area contributed by atoms with Crippen LogP contribution in [0.15, 0.2) is 82.7 Å². The van der Waals surface area contributed by atoms with E-state index in [2.05, 4.69) is 12.1 Å². The number of carbonyl (C=O) groups excluding carboxylic acids is 1. The van der Waals surface area contributed by atoms with Gasteiger partial charge in [0.2, 0.25) is 0 Å². The number of nitrogens with zero attached hydrogens (tertiary/aromatic N) is 2. The molecule has 0 radical (unpaired) electrons. The van der Waals surface area contributed by atoms with Crippen LogP contribution in [0.25, 0.3) is 6.08 Å². The third kappa shape index (κ3) is 6.34. The van der Waals surface area contributed by atoms with Gasteiger partial charge in [0.15, 0.2) is 16.7 Å². The molecular formula is C29H30N2O3S. The number of methoxy groups -OCH3 is 1. The van der Waals surface area contributed by atoms with Gasteiger partial charge in [-0.25, -0.2) is 4.99 Å². The molecule has 0 unspecified atom stereocenters. The van der Waals surface area contributed by atoms with E-state index >= 15 is 0 Å². The minimum atomic E-state index is -0.0433. The summed E-state index contributed by atoms with van der Waals surface area (Å²) >= 11 is 1.40. The maximum absolute atomic E-state index is 13.5. The van der Waals surface area contributed by atoms with E-state index in [0.29, 0.717) is 28.1 Å². The summed E-state index contributed by atoms with van der Waals surface area (Å²) < 4.78 is 11.3. The first-order valence-electron chi connectivity index (χ1n) is 11.7. The summed E-state index contributed by atoms with van der Waals surface area (Å²) in [6, 6.07) is 23.9. The summed E-state index contributed by atoms with van der Waals surface area (Å²) in [5.74, 6) is 1.28. The number of hydrogen-bond acceptors (Lipinski definition) is 5. The second-order valence-electron chi connectivity index (χ2n) is 8.61. The smallest absolute Gasteiger partial charge is 0.266 e. The third-order valence-corrected chi connectivity index (χ3v) is 6.47. The van der Waals surface area contributed by atoms with E-state index < -0.39 is 0 Å². The standard InChI is InChI=1S/C29H30N2O3S/c1-20(2)34-25-15-12-23(18-26(25)33-4)19-27-28(32)31(17-16-22-8-6-5-7-9-22)29(35-27)30-24-13-10-21(3)11-14-24/h5-15,18-20H,16-17H2,1-4H3/b27-19+,30-29?. The van der Waals surface area contributed by atoms with Crippen molar-refractivity contribution in [2.24, 2.45) is 4.99 Å². The highest BCUT2D eigenvalue weighted by molar-refractivity contribution is 8.18. The van der Waals surface area contributed by atoms with Gasteiger partial charge >= 0.3 is 0 Å². The lowest BCUT2D eigenvalue weighted by molar-refractivity contribution is -0.122. The van der Waals surface area contributed by atoms with Crippen molar-refractivity contribution >= 4 is 34.6 Å². The van der Waals surface area contributed by atoms with Gasteiger partial charge in [-0.3, -0.25) is 9.69 Å². The van der Waals surface area contributed by atoms with E-state index in [9.17, 15) is 4.79 Å². The van der Waals surface area contributed by atoms with E-state index in [1.807, 2.05) is 87.5 Å². The third-order valence-electron chi connectivity index (χ3n) is 5.46. The predicted molar refractivity (Wildman–Crippen MR) is 144 cm³/mol. The predicted octanol–water partition coefficient (Wildman–Crippen LogP) is 6.64. The first-order valence-corrected chi connectivity index (χ1v) is 12.5. The minimum absolute atomic E-state index is 0.0405. The molecule has 3 aromatic carbocycles. The number of aryl methyl sites for hydroxylation is 1. The molecule has 1 saturated heterocycles. The van der Waals surface area contributed by atoms with Gasteiger partial charge < -0.3 is 9.47 Å². The highest BCUT2D eigenvalue weighted by atomic mass is 32.2. The number of aliphatic imine (C=N–C) groups is 1. The van der Waals surface area contributed by atoms with E-state index in [-0.39, 0.29) is 12.0 Å². The number of carbonyl (C=O) groups is 1. The summed E-state index contributed by atoms with van der Waals surface area (Å²) in [6.45, 7) is 6.55. The molecular weight excluding hydrogens is 456 g/mol. The fourth-order valence-corrected chi connectivity index (χ4v) is 4.71. The second-order valence-corrected chi connectivity index (χ2v) is 9.62. The molecule has 3 aromatic rings. The summed E-state index contributed by atoms with van der Waals surface area (Å²) in [5.41, 5.74) is 4.05. The van der Waals surface area contributed by atoms with Crippen molar-refractivity contribution in [1.29, 1.82) is 0 Å². The Hall–Kier alpha value is -3.51. The molecule has 0 atom stereocenters. The minimum Gasteiger partial charge on any atom is -0.493 e. The molecule has 0 bridgehead atoms. The highest BCUT2D eigenvalue weighted by Crippen LogP contribution is 2.36. The van der Waals surface area contributed by atoms with Crippen LogP contribution in [-0.4, -0.2) is 35.7 Å². The number of amides is 1. The molecule has 6 heteroatoms. The number of benzene rings is 3. The summed E-state index contributed by atoms with van der Waals surface area (Å²) in [5, 5.41) is 0.688. The van der Waals surface area contributed by atoms with E-state index in [4.69, 9.17) is 14.5 Å². The molecule has 5 nitrogen and oxygen atoms in total. The second kappa shape index (κ2) is 11.3. The van der Waals surface area contributed by atoms with Crippen molar-refractivity contribution in [2.45, 2.75) is 33.3 Å². The Morgan fingerprint density at radius 2 is 1.74 bits per heavy atom. The van der Waals surface area contributed by atoms with Gasteiger partial charge in [-0.2, -0.15) is 0 Å². The Morgan fingerprint density at radius 1 is 1.00 bits per heavy atom. The van der Waals surface area contributed by atoms with E-state index in [1.165, 1.54) is 22.9 Å². The Morgan fingerprint density at radius 3 is 2.43 bits per heavy atom. The zero-order valence-corrected chi connectivity index (χ0v) is 21.3. The first kappa shape index (κ1) is 24.6. The van der Waals surface area contributed by atoms with Crippen molar-refractivity contribution in [3.05, 3.63) is 94.4 Å². The molecule has 0 saturated carbocycles. The average Bonchev–Trinajstić information content (AvgIpc) is 3.14. The average molecular weight is 487 g/mol. The molecule has 4 rings (SSSR count). The largest absolute Gasteiger partial charge is 0.493 e. The van der Waals surface area contributed by atoms with Gasteiger partial charge in [0.25, 0.3) is 5.91 Å². The molecule has 0 spiro atoms. The molecule has 0 aliphatic carbocycles. The molecule has 1 heterocycles. The van der Waals surface area contributed by atoms with Crippen LogP contribution < -0.4 is 9.47 Å². The molecule has 1 fully saturated rings. The monoisotopic (exact) mass is 486 g/mol. The van der Waals surface area contributed by atoms with Gasteiger partial charge in [-0.1, -0.05) is 54.1 Å². The van der Waals surface area contributed by atoms with Crippen LogP contribution >= 0.6 is 11.8 Å². The normalized spacial score (nSPS) is 15.9. The van der Waals surface area contributed by atoms with Crippen molar-refractivity contribution in [1.82, 2.24) is 4.90 Å². The zero-order valence-electron chi connectivity index (χ0n) is 20.5. The number of amidine groups is 1. The lowest BCUT2D eigenvalue weighted by atomic mass is 10.1. The Bertz CT molecular complexity index is 1230. The molecule has 180 valence electrons. The summed E-state index contributed by atoms with van der Waals surface area (Å²) in [7, 11) is 1.62. The van der Waals surface area contributed by atoms with Crippen molar-refractivity contribution in [3.8, 4) is 11.5 Å². The highest BCUT2D eigenvalue weighted by Gasteiger charge is 2.33. The summed E-state index contributed by atoms with van der Waals surface area (Å²) in [6.07, 6.45) is 2.68. The van der Waals surface area contributed by atoms with Gasteiger partial charge in [-0.05, 0) is 80.4 Å². The number of ether oxygens (including phenoxy) is 2. The van der Waals surface area contributed by atoms with Crippen molar-refractivity contribution < 1.29 is 14.3 Å². The van der Waals surface area contributed by atoms with Crippen LogP contribution in [0.4, 0.5) is 5.69 Å². The van der Waals surface area contributed by atoms with E-state index in [1.54, 1.807) is 12.0 Å². The van der Waals surface area contributed by atoms with Crippen molar-refractivity contribution in [2.75, 3.05) is 13.7 Å². The topological polar surface area (TPSA) is 51.1 Å². The molecule has 1 amide bonds. The number of thioether (sulfide) groups is 1. The van der Waals surface area contributed by atoms with Gasteiger partial charge in [-0.15, -0.1) is 0 Å². The fraction of sp³-hybridized carbons (Fsp3) is 0.241. The van der Waals surface area contributed by atoms with Gasteiger partial charge in [0.05, 0.1) is 23.8 Å². The maximum Gasteiger partial charge on any atom is 0.266 e. The first-order chi connectivity index (χ1) is 16.9. The SMILES string of the molecule is COc1cc(/C=C2/SC(=Nc3ccc(C)cc3)N(CCc3ccccc3)C2=O)ccc1OC(C)C. The van der Waals surface area contributed by atoms with Crippen molar-refractivity contribution in [3.63, 3.8) is 0 Å². The molecule has 1 aliphatic rings. The lowest BCUT2D eigenvalue weighted by Crippen LogP contribution is -2.31. The van der Waals surface area contributed by atoms with Crippen LogP contribution in [0.2, 0.25) is 0 Å². The van der Waals surface area contributed by atoms with Crippen LogP contribution in [0.3, 0.4) is 0 Å². The lowest BCUT2D eigenvalue weighted by Gasteiger charge is -2.15. The van der Waals surface area contributed by atoms with Crippen LogP contribution in [0.1, 0.15) is 30.5 Å². The quantitative estimate of drug-likeness (QED) is 0.335. The van der Waals surface area contributed by atoms with Gasteiger partial charge in [0, 0.05) is 6.54 Å². The summed E-state index contributed by atoms with van der Waals surface area (Å²) in [4.78, 5) is 20.7.